The summed E-state index contributed by atoms with van der Waals surface area (Å²) in [5.41, 5.74) is 0.0173. The van der Waals surface area contributed by atoms with Crippen LogP contribution < -0.4 is 4.74 Å². The summed E-state index contributed by atoms with van der Waals surface area (Å²) in [7, 11) is 1.30. The van der Waals surface area contributed by atoms with Crippen molar-refractivity contribution in [3.05, 3.63) is 29.6 Å². The standard InChI is InChI=1S/C13H14FNO5/c1-20-11-3-2-7(4-9(11)14)12(17)15-6-8(16)5-10(15)13(18)19/h2-4,8,10,16H,5-6H2,1H3,(H,18,19)/t8-,10-/m0/s1. The zero-order valence-electron chi connectivity index (χ0n) is 10.7. The third-order valence-electron chi connectivity index (χ3n) is 3.22. The first-order chi connectivity index (χ1) is 9.43. The largest absolute Gasteiger partial charge is 0.494 e. The average Bonchev–Trinajstić information content (AvgIpc) is 2.80. The normalized spacial score (nSPS) is 21.9. The Kier molecular flexibility index (Phi) is 3.89. The third-order valence-corrected chi connectivity index (χ3v) is 3.22. The van der Waals surface area contributed by atoms with Crippen molar-refractivity contribution in [2.45, 2.75) is 18.6 Å². The molecular formula is C13H14FNO5. The smallest absolute Gasteiger partial charge is 0.326 e. The molecule has 0 saturated carbocycles. The lowest BCUT2D eigenvalue weighted by Gasteiger charge is -2.21. The first-order valence-corrected chi connectivity index (χ1v) is 5.99. The third kappa shape index (κ3) is 2.57. The molecule has 0 bridgehead atoms. The highest BCUT2D eigenvalue weighted by molar-refractivity contribution is 5.97. The summed E-state index contributed by atoms with van der Waals surface area (Å²) in [6.45, 7) is -0.0799. The molecule has 2 rings (SSSR count). The Morgan fingerprint density at radius 3 is 2.70 bits per heavy atom. The maximum absolute atomic E-state index is 13.6. The van der Waals surface area contributed by atoms with Crippen LogP contribution in [0.2, 0.25) is 0 Å². The van der Waals surface area contributed by atoms with Gasteiger partial charge in [-0.05, 0) is 18.2 Å². The molecule has 0 unspecified atom stereocenters. The van der Waals surface area contributed by atoms with Crippen LogP contribution in [0.5, 0.6) is 5.75 Å². The molecule has 20 heavy (non-hydrogen) atoms. The quantitative estimate of drug-likeness (QED) is 0.843. The number of nitrogens with zero attached hydrogens (tertiary/aromatic N) is 1. The van der Waals surface area contributed by atoms with E-state index >= 15 is 0 Å². The number of aliphatic hydroxyl groups excluding tert-OH is 1. The molecule has 2 N–H and O–H groups in total. The molecule has 1 aromatic rings. The van der Waals surface area contributed by atoms with Crippen LogP contribution in [0.3, 0.4) is 0 Å². The van der Waals surface area contributed by atoms with Crippen molar-refractivity contribution in [2.24, 2.45) is 0 Å². The van der Waals surface area contributed by atoms with Crippen LogP contribution in [0.15, 0.2) is 18.2 Å². The number of methoxy groups -OCH3 is 1. The van der Waals surface area contributed by atoms with Crippen LogP contribution in [0.25, 0.3) is 0 Å². The predicted octanol–water partition coefficient (Wildman–Crippen LogP) is 0.494. The first kappa shape index (κ1) is 14.3. The summed E-state index contributed by atoms with van der Waals surface area (Å²) in [5, 5.41) is 18.5. The van der Waals surface area contributed by atoms with Gasteiger partial charge in [0.15, 0.2) is 11.6 Å². The highest BCUT2D eigenvalue weighted by Gasteiger charge is 2.39. The van der Waals surface area contributed by atoms with Gasteiger partial charge in [0.1, 0.15) is 6.04 Å². The average molecular weight is 283 g/mol. The molecule has 0 aromatic heterocycles. The molecule has 7 heteroatoms. The summed E-state index contributed by atoms with van der Waals surface area (Å²) in [6.07, 6.45) is -0.914. The van der Waals surface area contributed by atoms with Crippen LogP contribution in [0.4, 0.5) is 4.39 Å². The summed E-state index contributed by atoms with van der Waals surface area (Å²) >= 11 is 0. The number of hydrogen-bond donors (Lipinski definition) is 2. The van der Waals surface area contributed by atoms with Gasteiger partial charge in [-0.2, -0.15) is 0 Å². The minimum absolute atomic E-state index is 0.00205. The van der Waals surface area contributed by atoms with Crippen molar-refractivity contribution in [3.63, 3.8) is 0 Å². The highest BCUT2D eigenvalue weighted by Crippen LogP contribution is 2.23. The SMILES string of the molecule is COc1ccc(C(=O)N2C[C@@H](O)C[C@H]2C(=O)O)cc1F. The second-order valence-electron chi connectivity index (χ2n) is 4.55. The number of likely N-dealkylation sites (tertiary alicyclic amines) is 1. The Morgan fingerprint density at radius 1 is 1.45 bits per heavy atom. The number of halogens is 1. The van der Waals surface area contributed by atoms with E-state index in [0.717, 1.165) is 11.0 Å². The van der Waals surface area contributed by atoms with E-state index in [9.17, 15) is 19.1 Å². The van der Waals surface area contributed by atoms with Gasteiger partial charge in [-0.15, -0.1) is 0 Å². The van der Waals surface area contributed by atoms with E-state index in [-0.39, 0.29) is 24.3 Å². The van der Waals surface area contributed by atoms with Gasteiger partial charge in [0.05, 0.1) is 13.2 Å². The fourth-order valence-corrected chi connectivity index (χ4v) is 2.24. The summed E-state index contributed by atoms with van der Waals surface area (Å²) in [5.74, 6) is -2.53. The molecule has 0 spiro atoms. The number of ether oxygens (including phenoxy) is 1. The Balaban J connectivity index is 2.26. The lowest BCUT2D eigenvalue weighted by Crippen LogP contribution is -2.40. The van der Waals surface area contributed by atoms with Crippen LogP contribution in [-0.4, -0.2) is 52.8 Å². The zero-order valence-corrected chi connectivity index (χ0v) is 10.7. The molecule has 1 saturated heterocycles. The van der Waals surface area contributed by atoms with Gasteiger partial charge in [0.2, 0.25) is 0 Å². The number of benzene rings is 1. The van der Waals surface area contributed by atoms with E-state index < -0.39 is 29.8 Å². The Labute approximate surface area is 114 Å². The second-order valence-corrected chi connectivity index (χ2v) is 4.55. The van der Waals surface area contributed by atoms with Crippen molar-refractivity contribution in [3.8, 4) is 5.75 Å². The molecule has 6 nitrogen and oxygen atoms in total. The molecule has 2 atom stereocenters. The number of amides is 1. The van der Waals surface area contributed by atoms with Gasteiger partial charge in [-0.1, -0.05) is 0 Å². The van der Waals surface area contributed by atoms with Crippen molar-refractivity contribution in [2.75, 3.05) is 13.7 Å². The molecule has 1 fully saturated rings. The van der Waals surface area contributed by atoms with E-state index in [2.05, 4.69) is 0 Å². The maximum Gasteiger partial charge on any atom is 0.326 e. The second kappa shape index (κ2) is 5.46. The van der Waals surface area contributed by atoms with Crippen LogP contribution in [0.1, 0.15) is 16.8 Å². The molecule has 0 aliphatic carbocycles. The van der Waals surface area contributed by atoms with E-state index in [1.165, 1.54) is 19.2 Å². The topological polar surface area (TPSA) is 87.1 Å². The van der Waals surface area contributed by atoms with Crippen LogP contribution in [0, 0.1) is 5.82 Å². The van der Waals surface area contributed by atoms with E-state index in [0.29, 0.717) is 0 Å². The van der Waals surface area contributed by atoms with Crippen LogP contribution in [-0.2, 0) is 4.79 Å². The summed E-state index contributed by atoms with van der Waals surface area (Å²) in [6, 6.07) is 2.55. The number of carbonyl (C=O) groups excluding carboxylic acids is 1. The molecule has 1 heterocycles. The predicted molar refractivity (Wildman–Crippen MR) is 66.0 cm³/mol. The molecule has 0 radical (unpaired) electrons. The van der Waals surface area contributed by atoms with E-state index in [4.69, 9.17) is 9.84 Å². The lowest BCUT2D eigenvalue weighted by molar-refractivity contribution is -0.141. The molecule has 1 aliphatic rings. The molecule has 1 aromatic carbocycles. The van der Waals surface area contributed by atoms with Gasteiger partial charge in [0, 0.05) is 18.5 Å². The molecule has 1 aliphatic heterocycles. The summed E-state index contributed by atoms with van der Waals surface area (Å²) < 4.78 is 18.3. The minimum Gasteiger partial charge on any atom is -0.494 e. The number of aliphatic hydroxyl groups is 1. The van der Waals surface area contributed by atoms with Crippen molar-refractivity contribution >= 4 is 11.9 Å². The van der Waals surface area contributed by atoms with Gasteiger partial charge in [-0.25, -0.2) is 9.18 Å². The molecular weight excluding hydrogens is 269 g/mol. The van der Waals surface area contributed by atoms with Gasteiger partial charge >= 0.3 is 5.97 Å². The Hall–Kier alpha value is -2.15. The lowest BCUT2D eigenvalue weighted by atomic mass is 10.1. The monoisotopic (exact) mass is 283 g/mol. The fraction of sp³-hybridized carbons (Fsp3) is 0.385. The fourth-order valence-electron chi connectivity index (χ4n) is 2.24. The van der Waals surface area contributed by atoms with E-state index in [1.54, 1.807) is 0 Å². The van der Waals surface area contributed by atoms with Crippen molar-refractivity contribution < 1.29 is 28.9 Å². The number of carbonyl (C=O) groups is 2. The zero-order chi connectivity index (χ0) is 14.9. The maximum atomic E-state index is 13.6. The van der Waals surface area contributed by atoms with Crippen molar-refractivity contribution in [1.29, 1.82) is 0 Å². The minimum atomic E-state index is -1.19. The Bertz CT molecular complexity index is 548. The van der Waals surface area contributed by atoms with Crippen molar-refractivity contribution in [1.82, 2.24) is 4.90 Å². The van der Waals surface area contributed by atoms with Gasteiger partial charge < -0.3 is 19.8 Å². The van der Waals surface area contributed by atoms with Gasteiger partial charge in [0.25, 0.3) is 5.91 Å². The summed E-state index contributed by atoms with van der Waals surface area (Å²) in [4.78, 5) is 24.3. The number of carboxylic acids is 1. The molecule has 108 valence electrons. The number of rotatable bonds is 3. The Morgan fingerprint density at radius 2 is 2.15 bits per heavy atom. The first-order valence-electron chi connectivity index (χ1n) is 5.99. The van der Waals surface area contributed by atoms with E-state index in [1.807, 2.05) is 0 Å². The van der Waals surface area contributed by atoms with Crippen LogP contribution >= 0.6 is 0 Å². The highest BCUT2D eigenvalue weighted by atomic mass is 19.1. The number of aliphatic carboxylic acids is 1. The number of β-amino-alcohol motifs (C(OH)–C–C–N with tert-alkyl or cyclic N) is 1. The van der Waals surface area contributed by atoms with Gasteiger partial charge in [-0.3, -0.25) is 4.79 Å². The number of hydrogen-bond acceptors (Lipinski definition) is 4. The number of carboxylic acid groups (broad SMARTS) is 1. The molecule has 1 amide bonds.